The van der Waals surface area contributed by atoms with Crippen molar-refractivity contribution in [3.8, 4) is 0 Å². The fourth-order valence-electron chi connectivity index (χ4n) is 3.01. The molecule has 0 unspecified atom stereocenters. The van der Waals surface area contributed by atoms with Crippen molar-refractivity contribution in [1.82, 2.24) is 5.32 Å². The third kappa shape index (κ3) is 2.65. The zero-order chi connectivity index (χ0) is 14.9. The van der Waals surface area contributed by atoms with Gasteiger partial charge < -0.3 is 27.0 Å². The first-order chi connectivity index (χ1) is 9.42. The number of hydrogen-bond acceptors (Lipinski definition) is 5. The van der Waals surface area contributed by atoms with Gasteiger partial charge in [-0.25, -0.2) is 4.79 Å². The summed E-state index contributed by atoms with van der Waals surface area (Å²) < 4.78 is 0. The number of aliphatic hydroxyl groups excluding tert-OH is 1. The summed E-state index contributed by atoms with van der Waals surface area (Å²) in [5.74, 6) is -2.01. The number of aliphatic carboxylic acids is 1. The molecule has 7 N–H and O–H groups in total. The number of rotatable bonds is 7. The van der Waals surface area contributed by atoms with Gasteiger partial charge in [-0.1, -0.05) is 6.42 Å². The van der Waals surface area contributed by atoms with Crippen LogP contribution >= 0.6 is 0 Å². The van der Waals surface area contributed by atoms with E-state index >= 15 is 0 Å². The largest absolute Gasteiger partial charge is 0.479 e. The number of fused-ring (bicyclic) bond motifs is 1. The highest BCUT2D eigenvalue weighted by molar-refractivity contribution is 5.91. The van der Waals surface area contributed by atoms with Gasteiger partial charge in [-0.3, -0.25) is 4.79 Å². The normalized spacial score (nSPS) is 36.2. The van der Waals surface area contributed by atoms with Gasteiger partial charge in [-0.15, -0.1) is 0 Å². The minimum absolute atomic E-state index is 0.0371. The van der Waals surface area contributed by atoms with Crippen molar-refractivity contribution >= 4 is 11.9 Å². The number of unbranched alkanes of at least 4 members (excludes halogenated alkanes) is 1. The van der Waals surface area contributed by atoms with E-state index in [2.05, 4.69) is 5.32 Å². The van der Waals surface area contributed by atoms with Gasteiger partial charge in [0.2, 0.25) is 5.91 Å². The second-order valence-corrected chi connectivity index (χ2v) is 5.72. The summed E-state index contributed by atoms with van der Waals surface area (Å²) >= 11 is 0. The molecule has 0 spiro atoms. The number of carboxylic acid groups (broad SMARTS) is 1. The van der Waals surface area contributed by atoms with Crippen molar-refractivity contribution in [3.63, 3.8) is 0 Å². The van der Waals surface area contributed by atoms with E-state index in [9.17, 15) is 19.8 Å². The molecule has 2 aliphatic rings. The summed E-state index contributed by atoms with van der Waals surface area (Å²) in [6.45, 7) is 0.540. The molecule has 0 heterocycles. The first kappa shape index (κ1) is 15.2. The summed E-state index contributed by atoms with van der Waals surface area (Å²) in [4.78, 5) is 23.6. The summed E-state index contributed by atoms with van der Waals surface area (Å²) in [6.07, 6.45) is 3.08. The summed E-state index contributed by atoms with van der Waals surface area (Å²) in [5.41, 5.74) is 9.75. The van der Waals surface area contributed by atoms with Crippen LogP contribution in [0.25, 0.3) is 0 Å². The molecule has 0 saturated heterocycles. The average molecular weight is 284 g/mol. The molecule has 7 nitrogen and oxygen atoms in total. The van der Waals surface area contributed by atoms with E-state index in [1.807, 2.05) is 0 Å². The van der Waals surface area contributed by atoms with Crippen molar-refractivity contribution in [2.75, 3.05) is 6.54 Å². The van der Waals surface area contributed by atoms with Crippen LogP contribution in [-0.4, -0.2) is 46.3 Å². The van der Waals surface area contributed by atoms with Crippen LogP contribution in [-0.2, 0) is 9.59 Å². The summed E-state index contributed by atoms with van der Waals surface area (Å²) in [7, 11) is 0. The Kier molecular flexibility index (Phi) is 4.31. The number of carbonyl (C=O) groups is 2. The molecule has 2 fully saturated rings. The molecule has 7 heteroatoms. The third-order valence-electron chi connectivity index (χ3n) is 4.28. The van der Waals surface area contributed by atoms with Crippen LogP contribution < -0.4 is 16.8 Å². The molecule has 1 radical (unpaired) electrons. The third-order valence-corrected chi connectivity index (χ3v) is 4.28. The Bertz CT molecular complexity index is 403. The van der Waals surface area contributed by atoms with E-state index in [0.29, 0.717) is 13.0 Å². The Balaban J connectivity index is 1.96. The van der Waals surface area contributed by atoms with Crippen LogP contribution in [0.15, 0.2) is 0 Å². The fourth-order valence-corrected chi connectivity index (χ4v) is 3.01. The topological polar surface area (TPSA) is 139 Å². The maximum atomic E-state index is 12.0. The zero-order valence-corrected chi connectivity index (χ0v) is 11.3. The highest BCUT2D eigenvalue weighted by atomic mass is 16.4. The first-order valence-corrected chi connectivity index (χ1v) is 6.96. The highest BCUT2D eigenvalue weighted by Gasteiger charge is 2.67. The van der Waals surface area contributed by atoms with E-state index in [4.69, 9.17) is 11.5 Å². The van der Waals surface area contributed by atoms with Crippen LogP contribution in [0.3, 0.4) is 0 Å². The van der Waals surface area contributed by atoms with Gasteiger partial charge in [0, 0.05) is 12.3 Å². The zero-order valence-electron chi connectivity index (χ0n) is 11.3. The maximum absolute atomic E-state index is 12.0. The van der Waals surface area contributed by atoms with E-state index in [1.54, 1.807) is 6.42 Å². The summed E-state index contributed by atoms with van der Waals surface area (Å²) in [6, 6.07) is -0.743. The summed E-state index contributed by atoms with van der Waals surface area (Å²) in [5, 5.41) is 21.7. The maximum Gasteiger partial charge on any atom is 0.329 e. The van der Waals surface area contributed by atoms with Gasteiger partial charge in [-0.2, -0.15) is 0 Å². The Morgan fingerprint density at radius 2 is 2.15 bits per heavy atom. The minimum atomic E-state index is -1.40. The number of carboxylic acids is 1. The van der Waals surface area contributed by atoms with Gasteiger partial charge in [0.15, 0.2) is 0 Å². The van der Waals surface area contributed by atoms with Gasteiger partial charge in [0.25, 0.3) is 0 Å². The quantitative estimate of drug-likeness (QED) is 0.364. The highest BCUT2D eigenvalue weighted by Crippen LogP contribution is 2.56. The molecule has 113 valence electrons. The van der Waals surface area contributed by atoms with Crippen molar-refractivity contribution in [2.24, 2.45) is 23.3 Å². The standard InChI is InChI=1S/C13H22N3O4/c14-4-2-1-3-9(15)11(18)16-13(12(19)20)6-10(17)7-5-8(7)13/h5,7-10,17H,1-4,6,14-15H2,(H,16,18)(H,19,20)/t7-,8+,9-,10-,13-/m0/s1. The predicted molar refractivity (Wildman–Crippen MR) is 71.3 cm³/mol. The number of amides is 1. The van der Waals surface area contributed by atoms with Crippen LogP contribution in [0, 0.1) is 18.3 Å². The van der Waals surface area contributed by atoms with Crippen LogP contribution in [0.2, 0.25) is 0 Å². The molecule has 0 aromatic rings. The Hall–Kier alpha value is -1.18. The molecule has 2 rings (SSSR count). The van der Waals surface area contributed by atoms with Crippen molar-refractivity contribution < 1.29 is 19.8 Å². The lowest BCUT2D eigenvalue weighted by Crippen LogP contribution is -2.59. The minimum Gasteiger partial charge on any atom is -0.479 e. The lowest BCUT2D eigenvalue weighted by molar-refractivity contribution is -0.149. The molecular weight excluding hydrogens is 262 g/mol. The monoisotopic (exact) mass is 284 g/mol. The Labute approximate surface area is 117 Å². The molecule has 0 aromatic carbocycles. The second kappa shape index (κ2) is 5.67. The lowest BCUT2D eigenvalue weighted by Gasteiger charge is -2.29. The second-order valence-electron chi connectivity index (χ2n) is 5.72. The molecule has 2 saturated carbocycles. The number of aliphatic hydroxyl groups is 1. The lowest BCUT2D eigenvalue weighted by atomic mass is 9.91. The van der Waals surface area contributed by atoms with Gasteiger partial charge in [0.1, 0.15) is 5.54 Å². The van der Waals surface area contributed by atoms with Crippen molar-refractivity contribution in [1.29, 1.82) is 0 Å². The molecule has 0 aliphatic heterocycles. The Morgan fingerprint density at radius 1 is 1.45 bits per heavy atom. The smallest absolute Gasteiger partial charge is 0.329 e. The van der Waals surface area contributed by atoms with E-state index < -0.39 is 29.6 Å². The van der Waals surface area contributed by atoms with Crippen LogP contribution in [0.4, 0.5) is 0 Å². The molecular formula is C13H22N3O4. The van der Waals surface area contributed by atoms with E-state index in [-0.39, 0.29) is 18.3 Å². The number of nitrogens with one attached hydrogen (secondary N) is 1. The Morgan fingerprint density at radius 3 is 2.60 bits per heavy atom. The molecule has 20 heavy (non-hydrogen) atoms. The number of carbonyl (C=O) groups excluding carboxylic acids is 1. The molecule has 0 bridgehead atoms. The van der Waals surface area contributed by atoms with E-state index in [1.165, 1.54) is 0 Å². The molecule has 5 atom stereocenters. The van der Waals surface area contributed by atoms with Crippen molar-refractivity contribution in [3.05, 3.63) is 6.42 Å². The molecule has 2 aliphatic carbocycles. The van der Waals surface area contributed by atoms with Gasteiger partial charge >= 0.3 is 5.97 Å². The van der Waals surface area contributed by atoms with Gasteiger partial charge in [-0.05, 0) is 31.7 Å². The van der Waals surface area contributed by atoms with Crippen molar-refractivity contribution in [2.45, 2.75) is 43.4 Å². The van der Waals surface area contributed by atoms with Crippen LogP contribution in [0.1, 0.15) is 25.7 Å². The first-order valence-electron chi connectivity index (χ1n) is 6.96. The molecule has 0 aromatic heterocycles. The fraction of sp³-hybridized carbons (Fsp3) is 0.769. The predicted octanol–water partition coefficient (Wildman–Crippen LogP) is -1.40. The molecule has 1 amide bonds. The SMILES string of the molecule is NCCCC[C@H](N)C(=O)N[C@@]1(C(=O)O)C[C@H](O)[C@H]2[CH][C@H]21. The number of hydrogen-bond donors (Lipinski definition) is 5. The average Bonchev–Trinajstić information content (AvgIpc) is 3.13. The number of nitrogens with two attached hydrogens (primary N) is 2. The van der Waals surface area contributed by atoms with E-state index in [0.717, 1.165) is 12.8 Å². The van der Waals surface area contributed by atoms with Gasteiger partial charge in [0.05, 0.1) is 12.1 Å². The van der Waals surface area contributed by atoms with Crippen LogP contribution in [0.5, 0.6) is 0 Å².